The number of amides is 5. The van der Waals surface area contributed by atoms with Gasteiger partial charge in [-0.3, -0.25) is 43.2 Å². The highest BCUT2D eigenvalue weighted by atomic mass is 32.1. The Bertz CT molecular complexity index is 1190. The lowest BCUT2D eigenvalue weighted by atomic mass is 10.1. The molecular formula is C22H32N6O15S2. The molecule has 6 atom stereocenters. The summed E-state index contributed by atoms with van der Waals surface area (Å²) in [5.41, 5.74) is 5.48. The Morgan fingerprint density at radius 3 is 0.889 bits per heavy atom. The summed E-state index contributed by atoms with van der Waals surface area (Å²) in [7, 11) is 0. The van der Waals surface area contributed by atoms with Gasteiger partial charge in [-0.25, -0.2) is 4.79 Å². The van der Waals surface area contributed by atoms with Gasteiger partial charge in [-0.2, -0.15) is 25.3 Å². The fraction of sp³-hybridized carbons (Fsp3) is 0.545. The van der Waals surface area contributed by atoms with Gasteiger partial charge in [0.05, 0.1) is 31.7 Å². The first-order valence-electron chi connectivity index (χ1n) is 12.4. The molecule has 0 aromatic carbocycles. The zero-order valence-corrected chi connectivity index (χ0v) is 24.8. The molecular weight excluding hydrogens is 652 g/mol. The van der Waals surface area contributed by atoms with Crippen LogP contribution < -0.4 is 32.3 Å². The summed E-state index contributed by atoms with van der Waals surface area (Å²) in [6, 6.07) is -11.0. The van der Waals surface area contributed by atoms with Gasteiger partial charge in [-0.05, 0) is 0 Å². The number of carbonyl (C=O) groups excluding carboxylic acids is 5. The maximum atomic E-state index is 12.9. The highest BCUT2D eigenvalue weighted by molar-refractivity contribution is 7.80. The molecule has 23 heteroatoms. The predicted octanol–water partition coefficient (Wildman–Crippen LogP) is -5.42. The van der Waals surface area contributed by atoms with Crippen LogP contribution in [0.3, 0.4) is 0 Å². The normalized spacial score (nSPS) is 14.6. The molecule has 0 heterocycles. The van der Waals surface area contributed by atoms with Crippen molar-refractivity contribution in [3.63, 3.8) is 0 Å². The first kappa shape index (κ1) is 40.4. The Morgan fingerprint density at radius 1 is 0.444 bits per heavy atom. The van der Waals surface area contributed by atoms with Crippen molar-refractivity contribution in [2.24, 2.45) is 5.73 Å². The SMILES string of the molecule is N[C@@H](CS)C(=O)N[C@@H](CC(=O)O)C(=O)N[C@@H](CC(=O)O)C(=O)N[C@@H](CC(=O)O)C(=O)N[C@@H](CC(=O)O)C(=O)N[C@@H](CS)C(=O)O. The van der Waals surface area contributed by atoms with E-state index in [9.17, 15) is 58.2 Å². The smallest absolute Gasteiger partial charge is 0.327 e. The first-order chi connectivity index (χ1) is 20.8. The molecule has 0 aliphatic rings. The minimum Gasteiger partial charge on any atom is -0.481 e. The highest BCUT2D eigenvalue weighted by Gasteiger charge is 2.35. The van der Waals surface area contributed by atoms with E-state index >= 15 is 0 Å². The van der Waals surface area contributed by atoms with Crippen molar-refractivity contribution in [2.45, 2.75) is 61.9 Å². The highest BCUT2D eigenvalue weighted by Crippen LogP contribution is 2.04. The van der Waals surface area contributed by atoms with Crippen molar-refractivity contribution in [3.8, 4) is 0 Å². The second-order valence-electron chi connectivity index (χ2n) is 9.01. The van der Waals surface area contributed by atoms with Crippen molar-refractivity contribution in [1.29, 1.82) is 0 Å². The third kappa shape index (κ3) is 15.6. The maximum absolute atomic E-state index is 12.9. The topological polar surface area (TPSA) is 358 Å². The van der Waals surface area contributed by atoms with Gasteiger partial charge in [0.2, 0.25) is 29.5 Å². The number of aliphatic carboxylic acids is 5. The van der Waals surface area contributed by atoms with E-state index in [0.29, 0.717) is 0 Å². The van der Waals surface area contributed by atoms with Crippen LogP contribution in [0.1, 0.15) is 25.7 Å². The molecule has 0 aliphatic heterocycles. The Labute approximate surface area is 263 Å². The van der Waals surface area contributed by atoms with Crippen LogP contribution in [-0.2, 0) is 47.9 Å². The van der Waals surface area contributed by atoms with Gasteiger partial charge in [0.1, 0.15) is 30.2 Å². The lowest BCUT2D eigenvalue weighted by Crippen LogP contribution is -2.60. The number of hydrogen-bond donors (Lipinski definition) is 13. The first-order valence-corrected chi connectivity index (χ1v) is 13.7. The summed E-state index contributed by atoms with van der Waals surface area (Å²) >= 11 is 7.52. The molecule has 45 heavy (non-hydrogen) atoms. The van der Waals surface area contributed by atoms with E-state index in [4.69, 9.17) is 21.1 Å². The number of carboxylic acid groups (broad SMARTS) is 5. The van der Waals surface area contributed by atoms with Crippen molar-refractivity contribution in [3.05, 3.63) is 0 Å². The van der Waals surface area contributed by atoms with Crippen molar-refractivity contribution in [1.82, 2.24) is 26.6 Å². The molecule has 0 unspecified atom stereocenters. The van der Waals surface area contributed by atoms with Gasteiger partial charge in [-0.1, -0.05) is 0 Å². The van der Waals surface area contributed by atoms with Gasteiger partial charge in [0.15, 0.2) is 0 Å². The number of nitrogens with one attached hydrogen (secondary N) is 5. The zero-order valence-electron chi connectivity index (χ0n) is 23.0. The molecule has 12 N–H and O–H groups in total. The second kappa shape index (κ2) is 19.6. The summed E-state index contributed by atoms with van der Waals surface area (Å²) in [6.45, 7) is 0. The van der Waals surface area contributed by atoms with Crippen LogP contribution in [0.2, 0.25) is 0 Å². The molecule has 0 fully saturated rings. The van der Waals surface area contributed by atoms with Crippen LogP contribution in [0.4, 0.5) is 0 Å². The summed E-state index contributed by atoms with van der Waals surface area (Å²) < 4.78 is 0. The number of thiol groups is 2. The molecule has 0 radical (unpaired) electrons. The second-order valence-corrected chi connectivity index (χ2v) is 9.74. The third-order valence-corrected chi connectivity index (χ3v) is 6.14. The molecule has 5 amide bonds. The summed E-state index contributed by atoms with van der Waals surface area (Å²) in [5.74, 6) is -15.6. The number of hydrogen-bond acceptors (Lipinski definition) is 13. The van der Waals surface area contributed by atoms with E-state index in [-0.39, 0.29) is 5.75 Å². The summed E-state index contributed by atoms with van der Waals surface area (Å²) in [6.07, 6.45) is -4.60. The van der Waals surface area contributed by atoms with Crippen LogP contribution in [0.15, 0.2) is 0 Å². The summed E-state index contributed by atoms with van der Waals surface area (Å²) in [4.78, 5) is 120. The van der Waals surface area contributed by atoms with E-state index in [1.165, 1.54) is 0 Å². The molecule has 0 saturated heterocycles. The predicted molar refractivity (Wildman–Crippen MR) is 152 cm³/mol. The van der Waals surface area contributed by atoms with Crippen LogP contribution in [-0.4, -0.2) is 133 Å². The lowest BCUT2D eigenvalue weighted by Gasteiger charge is -2.25. The lowest BCUT2D eigenvalue weighted by molar-refractivity contribution is -0.145. The average Bonchev–Trinajstić information content (AvgIpc) is 2.92. The van der Waals surface area contributed by atoms with E-state index in [1.54, 1.807) is 0 Å². The molecule has 0 aliphatic carbocycles. The fourth-order valence-electron chi connectivity index (χ4n) is 3.17. The molecule has 0 aromatic rings. The van der Waals surface area contributed by atoms with Crippen LogP contribution >= 0.6 is 25.3 Å². The number of carboxylic acids is 5. The number of rotatable bonds is 21. The Kier molecular flexibility index (Phi) is 17.6. The van der Waals surface area contributed by atoms with Crippen molar-refractivity contribution < 1.29 is 73.5 Å². The Balaban J connectivity index is 6.11. The third-order valence-electron chi connectivity index (χ3n) is 5.38. The molecule has 252 valence electrons. The minimum absolute atomic E-state index is 0.214. The monoisotopic (exact) mass is 684 g/mol. The summed E-state index contributed by atoms with van der Waals surface area (Å²) in [5, 5.41) is 55.3. The molecule has 0 spiro atoms. The van der Waals surface area contributed by atoms with Gasteiger partial charge < -0.3 is 57.9 Å². The van der Waals surface area contributed by atoms with Crippen LogP contribution in [0.5, 0.6) is 0 Å². The maximum Gasteiger partial charge on any atom is 0.327 e. The standard InChI is InChI=1S/C22H32N6O15S2/c23-7(5-44)17(37)24-8(1-13(29)30)18(38)25-9(2-14(31)32)19(39)26-10(3-15(33)34)20(40)27-11(4-16(35)36)21(41)28-12(6-45)22(42)43/h7-12,44-45H,1-6,23H2,(H,24,37)(H,25,38)(H,26,39)(H,27,40)(H,28,41)(H,29,30)(H,31,32)(H,33,34)(H,35,36)(H,42,43)/t7-,8-,9-,10-,11-,12-/m0/s1. The van der Waals surface area contributed by atoms with Gasteiger partial charge in [0.25, 0.3) is 0 Å². The number of nitrogens with two attached hydrogens (primary N) is 1. The fourth-order valence-corrected chi connectivity index (χ4v) is 3.59. The van der Waals surface area contributed by atoms with Gasteiger partial charge in [0, 0.05) is 11.5 Å². The zero-order chi connectivity index (χ0) is 35.0. The van der Waals surface area contributed by atoms with Crippen molar-refractivity contribution in [2.75, 3.05) is 11.5 Å². The molecule has 0 aromatic heterocycles. The quantitative estimate of drug-likeness (QED) is 0.0502. The molecule has 0 bridgehead atoms. The Morgan fingerprint density at radius 2 is 0.689 bits per heavy atom. The Hall–Kier alpha value is -4.64. The van der Waals surface area contributed by atoms with E-state index in [1.807, 2.05) is 26.6 Å². The number of carbonyl (C=O) groups is 10. The minimum atomic E-state index is -2.13. The van der Waals surface area contributed by atoms with Crippen LogP contribution in [0.25, 0.3) is 0 Å². The van der Waals surface area contributed by atoms with E-state index in [0.717, 1.165) is 0 Å². The van der Waals surface area contributed by atoms with Gasteiger partial charge >= 0.3 is 29.8 Å². The van der Waals surface area contributed by atoms with Crippen LogP contribution in [0, 0.1) is 0 Å². The van der Waals surface area contributed by atoms with Gasteiger partial charge in [-0.15, -0.1) is 0 Å². The van der Waals surface area contributed by atoms with E-state index < -0.39 is 127 Å². The van der Waals surface area contributed by atoms with E-state index in [2.05, 4.69) is 25.3 Å². The molecule has 21 nitrogen and oxygen atoms in total. The average molecular weight is 685 g/mol. The largest absolute Gasteiger partial charge is 0.481 e. The molecule has 0 rings (SSSR count). The molecule has 0 saturated carbocycles. The van der Waals surface area contributed by atoms with Crippen molar-refractivity contribution >= 4 is 84.6 Å².